The van der Waals surface area contributed by atoms with Gasteiger partial charge in [0.05, 0.1) is 5.41 Å². The van der Waals surface area contributed by atoms with Gasteiger partial charge in [0.1, 0.15) is 0 Å². The standard InChI is InChI=1S/C52H33N3/c1-3-15-35(16-4-1)49-53-50(36-17-5-2-6-18-36)55-51(54-49)37-31-29-34(30-32-37)38-19-13-20-39(33-38)40-24-14-28-47-48(40)43-23-9-12-27-46(43)52(47)44-25-10-7-21-41(44)42-22-8-11-26-45(42)52/h1-33H. The molecule has 0 atom stereocenters. The summed E-state index contributed by atoms with van der Waals surface area (Å²) in [7, 11) is 0. The van der Waals surface area contributed by atoms with Gasteiger partial charge < -0.3 is 0 Å². The minimum absolute atomic E-state index is 0.363. The van der Waals surface area contributed by atoms with Gasteiger partial charge in [-0.05, 0) is 72.8 Å². The van der Waals surface area contributed by atoms with E-state index in [0.717, 1.165) is 27.8 Å². The molecule has 1 spiro atoms. The molecule has 0 saturated heterocycles. The third-order valence-electron chi connectivity index (χ3n) is 11.4. The molecule has 1 heterocycles. The fourth-order valence-corrected chi connectivity index (χ4v) is 9.00. The molecule has 3 nitrogen and oxygen atoms in total. The van der Waals surface area contributed by atoms with E-state index in [0.29, 0.717) is 17.5 Å². The summed E-state index contributed by atoms with van der Waals surface area (Å²) in [6.07, 6.45) is 0. The van der Waals surface area contributed by atoms with Crippen molar-refractivity contribution in [1.29, 1.82) is 0 Å². The first-order valence-electron chi connectivity index (χ1n) is 18.8. The van der Waals surface area contributed by atoms with Crippen LogP contribution in [0.4, 0.5) is 0 Å². The van der Waals surface area contributed by atoms with E-state index in [2.05, 4.69) is 140 Å². The molecular formula is C52H33N3. The Morgan fingerprint density at radius 3 is 1.22 bits per heavy atom. The van der Waals surface area contributed by atoms with Crippen LogP contribution in [0.15, 0.2) is 200 Å². The van der Waals surface area contributed by atoms with Gasteiger partial charge in [0, 0.05) is 16.7 Å². The Morgan fingerprint density at radius 1 is 0.255 bits per heavy atom. The summed E-state index contributed by atoms with van der Waals surface area (Å²) in [5.74, 6) is 1.96. The maximum absolute atomic E-state index is 4.94. The molecule has 0 N–H and O–H groups in total. The number of fused-ring (bicyclic) bond motifs is 10. The topological polar surface area (TPSA) is 38.7 Å². The molecule has 0 fully saturated rings. The van der Waals surface area contributed by atoms with E-state index in [-0.39, 0.29) is 5.41 Å². The molecule has 0 unspecified atom stereocenters. The van der Waals surface area contributed by atoms with E-state index in [1.807, 2.05) is 60.7 Å². The van der Waals surface area contributed by atoms with Crippen LogP contribution in [0.2, 0.25) is 0 Å². The van der Waals surface area contributed by atoms with E-state index in [9.17, 15) is 0 Å². The van der Waals surface area contributed by atoms with Crippen LogP contribution < -0.4 is 0 Å². The molecular weight excluding hydrogens is 667 g/mol. The van der Waals surface area contributed by atoms with Crippen molar-refractivity contribution in [2.24, 2.45) is 0 Å². The van der Waals surface area contributed by atoms with Gasteiger partial charge in [-0.1, -0.05) is 194 Å². The summed E-state index contributed by atoms with van der Waals surface area (Å²) >= 11 is 0. The zero-order valence-electron chi connectivity index (χ0n) is 29.9. The number of hydrogen-bond acceptors (Lipinski definition) is 3. The van der Waals surface area contributed by atoms with Gasteiger partial charge in [-0.15, -0.1) is 0 Å². The lowest BCUT2D eigenvalue weighted by Crippen LogP contribution is -2.25. The van der Waals surface area contributed by atoms with E-state index in [4.69, 9.17) is 15.0 Å². The number of aromatic nitrogens is 3. The first-order chi connectivity index (χ1) is 27.3. The smallest absolute Gasteiger partial charge is 0.164 e. The Labute approximate surface area is 320 Å². The van der Waals surface area contributed by atoms with Gasteiger partial charge in [0.25, 0.3) is 0 Å². The molecule has 0 amide bonds. The summed E-state index contributed by atoms with van der Waals surface area (Å²) in [4.78, 5) is 14.8. The lowest BCUT2D eigenvalue weighted by molar-refractivity contribution is 0.794. The van der Waals surface area contributed by atoms with Crippen LogP contribution in [0.3, 0.4) is 0 Å². The molecule has 256 valence electrons. The van der Waals surface area contributed by atoms with Crippen molar-refractivity contribution in [3.8, 4) is 78.7 Å². The van der Waals surface area contributed by atoms with Crippen molar-refractivity contribution < 1.29 is 0 Å². The predicted molar refractivity (Wildman–Crippen MR) is 223 cm³/mol. The summed E-state index contributed by atoms with van der Waals surface area (Å²) in [5, 5.41) is 0. The fraction of sp³-hybridized carbons (Fsp3) is 0.0192. The van der Waals surface area contributed by atoms with Crippen molar-refractivity contribution >= 4 is 0 Å². The maximum Gasteiger partial charge on any atom is 0.164 e. The molecule has 11 rings (SSSR count). The number of hydrogen-bond donors (Lipinski definition) is 0. The van der Waals surface area contributed by atoms with Crippen LogP contribution in [-0.4, -0.2) is 15.0 Å². The zero-order valence-corrected chi connectivity index (χ0v) is 29.9. The quantitative estimate of drug-likeness (QED) is 0.179. The minimum atomic E-state index is -0.363. The van der Waals surface area contributed by atoms with Crippen molar-refractivity contribution in [3.63, 3.8) is 0 Å². The predicted octanol–water partition coefficient (Wildman–Crippen LogP) is 12.6. The van der Waals surface area contributed by atoms with E-state index < -0.39 is 0 Å². The highest BCUT2D eigenvalue weighted by Crippen LogP contribution is 2.63. The SMILES string of the molecule is c1ccc(-c2nc(-c3ccccc3)nc(-c3ccc(-c4cccc(-c5cccc6c5-c5ccccc5C65c6ccccc6-c6ccccc65)c4)cc3)n2)cc1. The van der Waals surface area contributed by atoms with Crippen LogP contribution in [-0.2, 0) is 5.41 Å². The van der Waals surface area contributed by atoms with E-state index >= 15 is 0 Å². The van der Waals surface area contributed by atoms with Gasteiger partial charge in [0.2, 0.25) is 0 Å². The molecule has 0 radical (unpaired) electrons. The fourth-order valence-electron chi connectivity index (χ4n) is 9.00. The van der Waals surface area contributed by atoms with Gasteiger partial charge in [0.15, 0.2) is 17.5 Å². The Bertz CT molecular complexity index is 2810. The molecule has 2 aliphatic rings. The van der Waals surface area contributed by atoms with E-state index in [1.54, 1.807) is 0 Å². The zero-order chi connectivity index (χ0) is 36.3. The van der Waals surface area contributed by atoms with Gasteiger partial charge in [-0.25, -0.2) is 15.0 Å². The highest BCUT2D eigenvalue weighted by Gasteiger charge is 2.51. The van der Waals surface area contributed by atoms with Crippen molar-refractivity contribution in [2.45, 2.75) is 5.41 Å². The normalized spacial score (nSPS) is 12.9. The van der Waals surface area contributed by atoms with Crippen molar-refractivity contribution in [2.75, 3.05) is 0 Å². The number of benzene rings is 8. The molecule has 3 heteroatoms. The summed E-state index contributed by atoms with van der Waals surface area (Å²) < 4.78 is 0. The summed E-state index contributed by atoms with van der Waals surface area (Å²) in [5.41, 5.74) is 17.9. The summed E-state index contributed by atoms with van der Waals surface area (Å²) in [6.45, 7) is 0. The van der Waals surface area contributed by atoms with Crippen LogP contribution in [0.25, 0.3) is 78.7 Å². The molecule has 9 aromatic rings. The maximum atomic E-state index is 4.94. The lowest BCUT2D eigenvalue weighted by atomic mass is 9.70. The highest BCUT2D eigenvalue weighted by molar-refractivity contribution is 6.00. The lowest BCUT2D eigenvalue weighted by Gasteiger charge is -2.30. The van der Waals surface area contributed by atoms with Crippen LogP contribution in [0.1, 0.15) is 22.3 Å². The Kier molecular flexibility index (Phi) is 7.08. The summed E-state index contributed by atoms with van der Waals surface area (Å²) in [6, 6.07) is 71.6. The third-order valence-corrected chi connectivity index (χ3v) is 11.4. The second kappa shape index (κ2) is 12.4. The van der Waals surface area contributed by atoms with Crippen LogP contribution in [0.5, 0.6) is 0 Å². The van der Waals surface area contributed by atoms with Crippen LogP contribution >= 0.6 is 0 Å². The number of nitrogens with zero attached hydrogens (tertiary/aromatic N) is 3. The van der Waals surface area contributed by atoms with Crippen molar-refractivity contribution in [3.05, 3.63) is 222 Å². The second-order valence-electron chi connectivity index (χ2n) is 14.3. The average Bonchev–Trinajstić information content (AvgIpc) is 3.75. The van der Waals surface area contributed by atoms with Crippen molar-refractivity contribution in [1.82, 2.24) is 15.0 Å². The largest absolute Gasteiger partial charge is 0.208 e. The first kappa shape index (κ1) is 31.3. The molecule has 2 aliphatic carbocycles. The van der Waals surface area contributed by atoms with Gasteiger partial charge >= 0.3 is 0 Å². The molecule has 0 aliphatic heterocycles. The Balaban J connectivity index is 1.01. The highest BCUT2D eigenvalue weighted by atomic mass is 15.0. The number of rotatable bonds is 5. The molecule has 0 bridgehead atoms. The van der Waals surface area contributed by atoms with Gasteiger partial charge in [-0.2, -0.15) is 0 Å². The second-order valence-corrected chi connectivity index (χ2v) is 14.3. The van der Waals surface area contributed by atoms with E-state index in [1.165, 1.54) is 55.6 Å². The molecule has 55 heavy (non-hydrogen) atoms. The average molecular weight is 700 g/mol. The Morgan fingerprint density at radius 2 is 0.636 bits per heavy atom. The Hall–Kier alpha value is -7.23. The molecule has 0 saturated carbocycles. The molecule has 8 aromatic carbocycles. The third kappa shape index (κ3) is 4.80. The minimum Gasteiger partial charge on any atom is -0.208 e. The molecule has 1 aromatic heterocycles. The van der Waals surface area contributed by atoms with Gasteiger partial charge in [-0.3, -0.25) is 0 Å². The first-order valence-corrected chi connectivity index (χ1v) is 18.8. The van der Waals surface area contributed by atoms with Crippen LogP contribution in [0, 0.1) is 0 Å². The monoisotopic (exact) mass is 699 g/mol.